The molecule has 134 valence electrons. The Morgan fingerprint density at radius 2 is 1.65 bits per heavy atom. The molecule has 3 aromatic rings. The van der Waals surface area contributed by atoms with Crippen LogP contribution in [0.1, 0.15) is 43.0 Å². The molecular formula is C25H26Fe. The number of fused-ring (bicyclic) bond motifs is 2. The standard InChI is InChI=1S/C20H21.C5H5.Fe/c1-13-8-15-10-16-11-20(2,3)12-18(16)19(17(15)9-13)14-6-4-5-7-14;1-2-4-5-3-1;/h4-7,9-10H,8,11-12H2,1-3H3;1-5H;/q2*-1;+2. The Balaban J connectivity index is 0.000000285. The molecule has 1 heteroatoms. The maximum absolute atomic E-state index is 2.48. The van der Waals surface area contributed by atoms with Crippen molar-refractivity contribution in [3.8, 4) is 11.1 Å². The molecule has 0 spiro atoms. The summed E-state index contributed by atoms with van der Waals surface area (Å²) < 4.78 is 0. The van der Waals surface area contributed by atoms with Crippen molar-refractivity contribution in [2.24, 2.45) is 5.41 Å². The quantitative estimate of drug-likeness (QED) is 0.330. The van der Waals surface area contributed by atoms with Gasteiger partial charge in [0.25, 0.3) is 0 Å². The first kappa shape index (κ1) is 19.0. The fourth-order valence-electron chi connectivity index (χ4n) is 4.38. The van der Waals surface area contributed by atoms with Crippen LogP contribution in [0.3, 0.4) is 0 Å². The van der Waals surface area contributed by atoms with Gasteiger partial charge in [-0.05, 0) is 31.6 Å². The number of benzene rings is 1. The van der Waals surface area contributed by atoms with Gasteiger partial charge in [0.2, 0.25) is 0 Å². The molecular weight excluding hydrogens is 356 g/mol. The fraction of sp³-hybridized carbons (Fsp3) is 0.280. The van der Waals surface area contributed by atoms with E-state index in [1.54, 1.807) is 11.1 Å². The predicted octanol–water partition coefficient (Wildman–Crippen LogP) is 6.56. The van der Waals surface area contributed by atoms with Crippen molar-refractivity contribution in [2.75, 3.05) is 0 Å². The van der Waals surface area contributed by atoms with Crippen molar-refractivity contribution in [3.63, 3.8) is 0 Å². The zero-order chi connectivity index (χ0) is 17.4. The molecule has 0 amide bonds. The Morgan fingerprint density at radius 1 is 0.962 bits per heavy atom. The SMILES string of the molecule is CC1=Cc2c(cc3c(c2-[c-]2cccc2)CC(C)(C)C3)C1.[Fe+2].c1cc[cH-]c1. The minimum atomic E-state index is 0. The Labute approximate surface area is 168 Å². The van der Waals surface area contributed by atoms with Gasteiger partial charge >= 0.3 is 17.1 Å². The van der Waals surface area contributed by atoms with Gasteiger partial charge in [-0.2, -0.15) is 30.3 Å². The molecule has 0 heterocycles. The van der Waals surface area contributed by atoms with E-state index < -0.39 is 0 Å². The Kier molecular flexibility index (Phi) is 5.42. The molecule has 0 aliphatic heterocycles. The van der Waals surface area contributed by atoms with Crippen LogP contribution < -0.4 is 0 Å². The van der Waals surface area contributed by atoms with Gasteiger partial charge in [-0.25, -0.2) is 12.1 Å². The first-order chi connectivity index (χ1) is 12.0. The molecule has 5 rings (SSSR count). The second kappa shape index (κ2) is 7.43. The molecule has 2 aliphatic carbocycles. The summed E-state index contributed by atoms with van der Waals surface area (Å²) in [5.41, 5.74) is 11.1. The van der Waals surface area contributed by atoms with E-state index in [4.69, 9.17) is 0 Å². The average Bonchev–Trinajstić information content (AvgIpc) is 3.32. The Bertz CT molecular complexity index is 873. The van der Waals surface area contributed by atoms with Gasteiger partial charge in [0.15, 0.2) is 0 Å². The third-order valence-corrected chi connectivity index (χ3v) is 5.34. The minimum absolute atomic E-state index is 0. The van der Waals surface area contributed by atoms with E-state index in [1.807, 2.05) is 30.3 Å². The number of hydrogen-bond donors (Lipinski definition) is 0. The third kappa shape index (κ3) is 3.65. The van der Waals surface area contributed by atoms with E-state index >= 15 is 0 Å². The molecule has 0 N–H and O–H groups in total. The molecule has 0 radical (unpaired) electrons. The zero-order valence-corrected chi connectivity index (χ0v) is 16.9. The summed E-state index contributed by atoms with van der Waals surface area (Å²) in [6.07, 6.45) is 5.98. The number of rotatable bonds is 1. The molecule has 0 aromatic heterocycles. The molecule has 3 aromatic carbocycles. The summed E-state index contributed by atoms with van der Waals surface area (Å²) in [5, 5.41) is 0. The molecule has 0 bridgehead atoms. The molecule has 0 nitrogen and oxygen atoms in total. The van der Waals surface area contributed by atoms with Gasteiger partial charge in [-0.1, -0.05) is 59.4 Å². The predicted molar refractivity (Wildman–Crippen MR) is 108 cm³/mol. The van der Waals surface area contributed by atoms with E-state index in [0.717, 1.165) is 6.42 Å². The molecule has 2 aliphatic rings. The molecule has 26 heavy (non-hydrogen) atoms. The summed E-state index contributed by atoms with van der Waals surface area (Å²) in [6, 6.07) is 21.3. The summed E-state index contributed by atoms with van der Waals surface area (Å²) in [4.78, 5) is 0. The van der Waals surface area contributed by atoms with Crippen LogP contribution >= 0.6 is 0 Å². The van der Waals surface area contributed by atoms with Crippen LogP contribution in [-0.4, -0.2) is 0 Å². The van der Waals surface area contributed by atoms with Crippen LogP contribution in [0, 0.1) is 5.41 Å². The van der Waals surface area contributed by atoms with Crippen LogP contribution in [0.15, 0.2) is 66.2 Å². The second-order valence-corrected chi connectivity index (χ2v) is 8.28. The fourth-order valence-corrected chi connectivity index (χ4v) is 4.38. The maximum Gasteiger partial charge on any atom is 2.00 e. The van der Waals surface area contributed by atoms with Crippen molar-refractivity contribution in [3.05, 3.63) is 88.5 Å². The van der Waals surface area contributed by atoms with E-state index in [9.17, 15) is 0 Å². The van der Waals surface area contributed by atoms with Crippen LogP contribution in [0.4, 0.5) is 0 Å². The van der Waals surface area contributed by atoms with Crippen LogP contribution in [0.25, 0.3) is 17.2 Å². The first-order valence-electron chi connectivity index (χ1n) is 9.27. The molecule has 0 atom stereocenters. The van der Waals surface area contributed by atoms with Gasteiger partial charge in [-0.15, -0.1) is 17.7 Å². The van der Waals surface area contributed by atoms with Crippen LogP contribution in [0.2, 0.25) is 0 Å². The summed E-state index contributed by atoms with van der Waals surface area (Å²) in [7, 11) is 0. The molecule has 0 fully saturated rings. The second-order valence-electron chi connectivity index (χ2n) is 8.28. The average molecular weight is 382 g/mol. The van der Waals surface area contributed by atoms with Gasteiger partial charge in [0.1, 0.15) is 0 Å². The normalized spacial score (nSPS) is 16.0. The molecule has 0 unspecified atom stereocenters. The third-order valence-electron chi connectivity index (χ3n) is 5.34. The van der Waals surface area contributed by atoms with Gasteiger partial charge in [0.05, 0.1) is 0 Å². The molecule has 0 saturated heterocycles. The van der Waals surface area contributed by atoms with Gasteiger partial charge < -0.3 is 0 Å². The van der Waals surface area contributed by atoms with E-state index in [2.05, 4.69) is 57.2 Å². The first-order valence-corrected chi connectivity index (χ1v) is 9.27. The zero-order valence-electron chi connectivity index (χ0n) is 15.8. The Morgan fingerprint density at radius 3 is 2.27 bits per heavy atom. The number of allylic oxidation sites excluding steroid dienone is 1. The molecule has 0 saturated carbocycles. The largest absolute Gasteiger partial charge is 2.00 e. The van der Waals surface area contributed by atoms with Gasteiger partial charge in [0, 0.05) is 0 Å². The van der Waals surface area contributed by atoms with Crippen molar-refractivity contribution in [1.29, 1.82) is 0 Å². The van der Waals surface area contributed by atoms with E-state index in [-0.39, 0.29) is 17.1 Å². The summed E-state index contributed by atoms with van der Waals surface area (Å²) in [6.45, 7) is 7.05. The van der Waals surface area contributed by atoms with Crippen LogP contribution in [-0.2, 0) is 36.3 Å². The van der Waals surface area contributed by atoms with Crippen LogP contribution in [0.5, 0.6) is 0 Å². The Hall–Kier alpha value is -1.82. The van der Waals surface area contributed by atoms with Crippen molar-refractivity contribution in [1.82, 2.24) is 0 Å². The smallest absolute Gasteiger partial charge is 0.214 e. The van der Waals surface area contributed by atoms with Crippen molar-refractivity contribution in [2.45, 2.75) is 40.0 Å². The van der Waals surface area contributed by atoms with Gasteiger partial charge in [-0.3, -0.25) is 0 Å². The minimum Gasteiger partial charge on any atom is -0.214 e. The number of hydrogen-bond acceptors (Lipinski definition) is 0. The maximum atomic E-state index is 2.48. The van der Waals surface area contributed by atoms with E-state index in [1.165, 1.54) is 40.7 Å². The van der Waals surface area contributed by atoms with E-state index in [0.29, 0.717) is 5.41 Å². The monoisotopic (exact) mass is 382 g/mol. The topological polar surface area (TPSA) is 0 Å². The summed E-state index contributed by atoms with van der Waals surface area (Å²) >= 11 is 0. The summed E-state index contributed by atoms with van der Waals surface area (Å²) in [5.74, 6) is 0. The van der Waals surface area contributed by atoms with Crippen molar-refractivity contribution >= 4 is 6.08 Å². The van der Waals surface area contributed by atoms with Crippen molar-refractivity contribution < 1.29 is 17.1 Å².